The Labute approximate surface area is 145 Å². The summed E-state index contributed by atoms with van der Waals surface area (Å²) in [5, 5.41) is 9.30. The zero-order valence-electron chi connectivity index (χ0n) is 14.7. The Kier molecular flexibility index (Phi) is 4.16. The van der Waals surface area contributed by atoms with E-state index in [-0.39, 0.29) is 11.3 Å². The molecule has 1 aromatic rings. The first-order valence-corrected chi connectivity index (χ1v) is 9.61. The molecule has 4 rings (SSSR count). The first kappa shape index (κ1) is 16.1. The van der Waals surface area contributed by atoms with Crippen molar-refractivity contribution in [2.45, 2.75) is 62.8 Å². The van der Waals surface area contributed by atoms with E-state index in [1.165, 1.54) is 30.4 Å². The van der Waals surface area contributed by atoms with E-state index in [0.717, 1.165) is 32.1 Å². The fourth-order valence-corrected chi connectivity index (χ4v) is 5.30. The summed E-state index contributed by atoms with van der Waals surface area (Å²) in [6, 6.07) is 9.13. The summed E-state index contributed by atoms with van der Waals surface area (Å²) in [6.45, 7) is 0.299. The third kappa shape index (κ3) is 2.57. The molecule has 3 aliphatic carbocycles. The monoisotopic (exact) mass is 327 g/mol. The molecule has 0 bridgehead atoms. The quantitative estimate of drug-likeness (QED) is 0.925. The Morgan fingerprint density at radius 1 is 1.25 bits per heavy atom. The van der Waals surface area contributed by atoms with Crippen LogP contribution in [-0.2, 0) is 16.6 Å². The first-order chi connectivity index (χ1) is 11.7. The van der Waals surface area contributed by atoms with E-state index < -0.39 is 0 Å². The number of carbonyl (C=O) groups is 1. The summed E-state index contributed by atoms with van der Waals surface area (Å²) < 4.78 is 0. The zero-order chi connectivity index (χ0) is 16.7. The Balaban J connectivity index is 1.46. The van der Waals surface area contributed by atoms with E-state index in [1.54, 1.807) is 0 Å². The van der Waals surface area contributed by atoms with Gasteiger partial charge in [0.2, 0.25) is 5.91 Å². The Morgan fingerprint density at radius 2 is 2.00 bits per heavy atom. The fraction of sp³-hybridized carbons (Fsp3) is 0.667. The first-order valence-electron chi connectivity index (χ1n) is 9.61. The molecule has 0 aromatic heterocycles. The highest BCUT2D eigenvalue weighted by atomic mass is 16.3. The highest BCUT2D eigenvalue weighted by Crippen LogP contribution is 2.61. The molecule has 0 radical (unpaired) electrons. The Bertz CT molecular complexity index is 620. The van der Waals surface area contributed by atoms with Crippen LogP contribution in [0.15, 0.2) is 24.3 Å². The van der Waals surface area contributed by atoms with Crippen molar-refractivity contribution in [3.05, 3.63) is 35.4 Å². The van der Waals surface area contributed by atoms with E-state index in [1.807, 2.05) is 11.9 Å². The summed E-state index contributed by atoms with van der Waals surface area (Å²) in [5.74, 6) is 1.00. The van der Waals surface area contributed by atoms with Crippen molar-refractivity contribution in [2.75, 3.05) is 13.7 Å². The molecule has 2 atom stereocenters. The van der Waals surface area contributed by atoms with Crippen LogP contribution < -0.4 is 0 Å². The number of aliphatic hydroxyl groups excluding tert-OH is 1. The number of nitrogens with zero attached hydrogens (tertiary/aromatic N) is 1. The highest BCUT2D eigenvalue weighted by Gasteiger charge is 2.60. The van der Waals surface area contributed by atoms with Crippen LogP contribution in [0.3, 0.4) is 0 Å². The number of hydrogen-bond acceptors (Lipinski definition) is 2. The van der Waals surface area contributed by atoms with Crippen molar-refractivity contribution >= 4 is 5.91 Å². The fourth-order valence-electron chi connectivity index (χ4n) is 5.30. The van der Waals surface area contributed by atoms with Crippen LogP contribution in [0.2, 0.25) is 0 Å². The maximum Gasteiger partial charge on any atom is 0.226 e. The SMILES string of the molecule is CN(C(=O)C1CC12CCCc1ccccc12)C1CCC(CO)CC1. The molecule has 2 saturated carbocycles. The molecule has 24 heavy (non-hydrogen) atoms. The summed E-state index contributed by atoms with van der Waals surface area (Å²) in [4.78, 5) is 15.2. The number of aliphatic hydroxyl groups is 1. The molecule has 3 heteroatoms. The molecule has 1 spiro atoms. The van der Waals surface area contributed by atoms with Gasteiger partial charge < -0.3 is 10.0 Å². The van der Waals surface area contributed by atoms with Gasteiger partial charge in [0.1, 0.15) is 0 Å². The number of carbonyl (C=O) groups excluding carboxylic acids is 1. The molecule has 1 aromatic carbocycles. The number of aryl methyl sites for hydroxylation is 1. The van der Waals surface area contributed by atoms with E-state index >= 15 is 0 Å². The second-order valence-corrected chi connectivity index (χ2v) is 8.23. The smallest absolute Gasteiger partial charge is 0.226 e. The van der Waals surface area contributed by atoms with Crippen LogP contribution >= 0.6 is 0 Å². The van der Waals surface area contributed by atoms with Gasteiger partial charge in [-0.25, -0.2) is 0 Å². The summed E-state index contributed by atoms with van der Waals surface area (Å²) >= 11 is 0. The average molecular weight is 327 g/mol. The van der Waals surface area contributed by atoms with Crippen molar-refractivity contribution < 1.29 is 9.90 Å². The molecule has 2 unspecified atom stereocenters. The van der Waals surface area contributed by atoms with Crippen molar-refractivity contribution in [1.29, 1.82) is 0 Å². The summed E-state index contributed by atoms with van der Waals surface area (Å²) in [7, 11) is 2.01. The maximum atomic E-state index is 13.1. The lowest BCUT2D eigenvalue weighted by Gasteiger charge is -2.35. The molecule has 0 heterocycles. The molecule has 0 aliphatic heterocycles. The molecule has 3 nitrogen and oxygen atoms in total. The zero-order valence-corrected chi connectivity index (χ0v) is 14.7. The lowest BCUT2D eigenvalue weighted by Crippen LogP contribution is -2.42. The minimum absolute atomic E-state index is 0.141. The minimum atomic E-state index is 0.141. The standard InChI is InChI=1S/C21H29NO2/c1-22(17-10-8-15(14-23)9-11-17)20(24)19-13-21(19)12-4-6-16-5-2-3-7-18(16)21/h2-3,5,7,15,17,19,23H,4,6,8-14H2,1H3. The topological polar surface area (TPSA) is 40.5 Å². The van der Waals surface area contributed by atoms with Crippen LogP contribution in [0.4, 0.5) is 0 Å². The molecule has 0 saturated heterocycles. The maximum absolute atomic E-state index is 13.1. The number of amides is 1. The van der Waals surface area contributed by atoms with Crippen molar-refractivity contribution in [1.82, 2.24) is 4.90 Å². The number of hydrogen-bond donors (Lipinski definition) is 1. The van der Waals surface area contributed by atoms with Gasteiger partial charge in [-0.3, -0.25) is 4.79 Å². The number of benzene rings is 1. The van der Waals surface area contributed by atoms with Gasteiger partial charge in [-0.05, 0) is 68.4 Å². The molecule has 1 amide bonds. The molecule has 130 valence electrons. The van der Waals surface area contributed by atoms with Gasteiger partial charge in [0, 0.05) is 31.0 Å². The molecule has 1 N–H and O–H groups in total. The summed E-state index contributed by atoms with van der Waals surface area (Å²) in [5.41, 5.74) is 3.06. The molecule has 2 fully saturated rings. The largest absolute Gasteiger partial charge is 0.396 e. The third-order valence-corrected chi connectivity index (χ3v) is 6.97. The van der Waals surface area contributed by atoms with Crippen LogP contribution in [0.5, 0.6) is 0 Å². The van der Waals surface area contributed by atoms with Crippen LogP contribution in [-0.4, -0.2) is 35.6 Å². The van der Waals surface area contributed by atoms with Gasteiger partial charge in [0.05, 0.1) is 0 Å². The molecular formula is C21H29NO2. The van der Waals surface area contributed by atoms with Gasteiger partial charge in [-0.2, -0.15) is 0 Å². The Hall–Kier alpha value is -1.35. The van der Waals surface area contributed by atoms with Gasteiger partial charge in [0.15, 0.2) is 0 Å². The van der Waals surface area contributed by atoms with E-state index in [9.17, 15) is 9.90 Å². The second kappa shape index (κ2) is 6.18. The lowest BCUT2D eigenvalue weighted by atomic mass is 9.78. The van der Waals surface area contributed by atoms with Gasteiger partial charge in [0.25, 0.3) is 0 Å². The molecule has 3 aliphatic rings. The van der Waals surface area contributed by atoms with Crippen LogP contribution in [0.1, 0.15) is 56.1 Å². The van der Waals surface area contributed by atoms with Gasteiger partial charge in [-0.15, -0.1) is 0 Å². The van der Waals surface area contributed by atoms with Gasteiger partial charge in [-0.1, -0.05) is 24.3 Å². The van der Waals surface area contributed by atoms with Crippen LogP contribution in [0.25, 0.3) is 0 Å². The van der Waals surface area contributed by atoms with E-state index in [0.29, 0.717) is 24.5 Å². The van der Waals surface area contributed by atoms with Gasteiger partial charge >= 0.3 is 0 Å². The van der Waals surface area contributed by atoms with E-state index in [2.05, 4.69) is 24.3 Å². The minimum Gasteiger partial charge on any atom is -0.396 e. The predicted molar refractivity (Wildman–Crippen MR) is 94.8 cm³/mol. The van der Waals surface area contributed by atoms with E-state index in [4.69, 9.17) is 0 Å². The normalized spacial score (nSPS) is 34.7. The van der Waals surface area contributed by atoms with Crippen molar-refractivity contribution in [3.8, 4) is 0 Å². The third-order valence-electron chi connectivity index (χ3n) is 6.97. The summed E-state index contributed by atoms with van der Waals surface area (Å²) in [6.07, 6.45) is 8.79. The average Bonchev–Trinajstić information content (AvgIpc) is 3.35. The predicted octanol–water partition coefficient (Wildman–Crippen LogP) is 3.29. The molecular weight excluding hydrogens is 298 g/mol. The number of fused-ring (bicyclic) bond motifs is 2. The second-order valence-electron chi connectivity index (χ2n) is 8.23. The lowest BCUT2D eigenvalue weighted by molar-refractivity contribution is -0.134. The Morgan fingerprint density at radius 3 is 2.75 bits per heavy atom. The number of rotatable bonds is 3. The van der Waals surface area contributed by atoms with Crippen molar-refractivity contribution in [3.63, 3.8) is 0 Å². The highest BCUT2D eigenvalue weighted by molar-refractivity contribution is 5.85. The van der Waals surface area contributed by atoms with Crippen LogP contribution in [0, 0.1) is 11.8 Å². The van der Waals surface area contributed by atoms with Crippen molar-refractivity contribution in [2.24, 2.45) is 11.8 Å².